The van der Waals surface area contributed by atoms with Crippen molar-refractivity contribution >= 4 is 0 Å². The zero-order valence-electron chi connectivity index (χ0n) is 9.27. The number of alkyl halides is 3. The summed E-state index contributed by atoms with van der Waals surface area (Å²) in [5.74, 6) is 0. The van der Waals surface area contributed by atoms with Crippen LogP contribution in [0.15, 0.2) is 24.3 Å². The Morgan fingerprint density at radius 1 is 1.12 bits per heavy atom. The molecule has 0 saturated carbocycles. The molecule has 1 nitrogen and oxygen atoms in total. The van der Waals surface area contributed by atoms with Crippen molar-refractivity contribution in [3.8, 4) is 0 Å². The molecular formula is C12H16F3N. The summed E-state index contributed by atoms with van der Waals surface area (Å²) in [7, 11) is 0. The van der Waals surface area contributed by atoms with Crippen molar-refractivity contribution < 1.29 is 13.2 Å². The summed E-state index contributed by atoms with van der Waals surface area (Å²) in [5.41, 5.74) is 2.36. The predicted octanol–water partition coefficient (Wildman–Crippen LogP) is 3.08. The highest BCUT2D eigenvalue weighted by atomic mass is 19.4. The van der Waals surface area contributed by atoms with Crippen molar-refractivity contribution in [2.24, 2.45) is 0 Å². The number of rotatable bonds is 5. The first-order valence-corrected chi connectivity index (χ1v) is 5.31. The van der Waals surface area contributed by atoms with Crippen LogP contribution in [0.4, 0.5) is 13.2 Å². The number of hydrogen-bond donors (Lipinski definition) is 1. The quantitative estimate of drug-likeness (QED) is 0.768. The molecule has 0 spiro atoms. The van der Waals surface area contributed by atoms with E-state index in [1.807, 2.05) is 31.2 Å². The van der Waals surface area contributed by atoms with Gasteiger partial charge in [0.15, 0.2) is 0 Å². The maximum absolute atomic E-state index is 11.8. The van der Waals surface area contributed by atoms with E-state index in [0.717, 1.165) is 6.42 Å². The van der Waals surface area contributed by atoms with Crippen LogP contribution in [0.25, 0.3) is 0 Å². The summed E-state index contributed by atoms with van der Waals surface area (Å²) in [6.45, 7) is 2.58. The zero-order chi connectivity index (χ0) is 12.0. The van der Waals surface area contributed by atoms with Gasteiger partial charge in [-0.1, -0.05) is 24.3 Å². The van der Waals surface area contributed by atoms with Gasteiger partial charge in [-0.15, -0.1) is 0 Å². The maximum Gasteiger partial charge on any atom is 0.390 e. The number of nitrogens with one attached hydrogen (secondary N) is 1. The zero-order valence-corrected chi connectivity index (χ0v) is 9.27. The van der Waals surface area contributed by atoms with Crippen LogP contribution in [0.1, 0.15) is 17.5 Å². The predicted molar refractivity (Wildman–Crippen MR) is 58.4 cm³/mol. The molecule has 0 atom stereocenters. The van der Waals surface area contributed by atoms with E-state index in [1.165, 1.54) is 11.1 Å². The van der Waals surface area contributed by atoms with Crippen LogP contribution in [0.5, 0.6) is 0 Å². The van der Waals surface area contributed by atoms with Crippen LogP contribution >= 0.6 is 0 Å². The van der Waals surface area contributed by atoms with E-state index in [2.05, 4.69) is 5.32 Å². The first-order valence-electron chi connectivity index (χ1n) is 5.31. The topological polar surface area (TPSA) is 12.0 Å². The lowest BCUT2D eigenvalue weighted by Gasteiger charge is -2.08. The lowest BCUT2D eigenvalue weighted by atomic mass is 10.1. The third kappa shape index (κ3) is 5.16. The molecule has 1 N–H and O–H groups in total. The summed E-state index contributed by atoms with van der Waals surface area (Å²) < 4.78 is 35.5. The van der Waals surface area contributed by atoms with Gasteiger partial charge in [0, 0.05) is 6.54 Å². The lowest BCUT2D eigenvalue weighted by molar-refractivity contribution is -0.133. The number of hydrogen-bond acceptors (Lipinski definition) is 1. The van der Waals surface area contributed by atoms with Crippen molar-refractivity contribution in [3.05, 3.63) is 35.4 Å². The molecule has 0 aromatic heterocycles. The third-order valence-electron chi connectivity index (χ3n) is 2.42. The normalized spacial score (nSPS) is 11.8. The summed E-state index contributed by atoms with van der Waals surface area (Å²) in [6.07, 6.45) is -4.05. The Labute approximate surface area is 93.7 Å². The van der Waals surface area contributed by atoms with Gasteiger partial charge in [-0.05, 0) is 31.0 Å². The lowest BCUT2D eigenvalue weighted by Crippen LogP contribution is -2.23. The molecule has 1 rings (SSSR count). The molecular weight excluding hydrogens is 215 g/mol. The molecule has 0 saturated heterocycles. The Morgan fingerprint density at radius 3 is 2.44 bits per heavy atom. The fourth-order valence-corrected chi connectivity index (χ4v) is 1.47. The van der Waals surface area contributed by atoms with E-state index in [4.69, 9.17) is 0 Å². The maximum atomic E-state index is 11.8. The van der Waals surface area contributed by atoms with Crippen molar-refractivity contribution in [3.63, 3.8) is 0 Å². The molecule has 0 aliphatic carbocycles. The minimum absolute atomic E-state index is 0.00458. The van der Waals surface area contributed by atoms with Gasteiger partial charge >= 0.3 is 6.18 Å². The number of benzene rings is 1. The molecule has 4 heteroatoms. The van der Waals surface area contributed by atoms with Crippen LogP contribution in [0, 0.1) is 6.92 Å². The van der Waals surface area contributed by atoms with Crippen LogP contribution < -0.4 is 5.32 Å². The fourth-order valence-electron chi connectivity index (χ4n) is 1.47. The summed E-state index contributed by atoms with van der Waals surface area (Å²) in [6, 6.07) is 7.90. The Hall–Kier alpha value is -1.03. The molecule has 0 heterocycles. The standard InChI is InChI=1S/C12H16F3N/c1-10-4-2-3-5-11(10)6-8-16-9-7-12(13,14)15/h2-5,16H,6-9H2,1H3. The van der Waals surface area contributed by atoms with Crippen molar-refractivity contribution in [2.75, 3.05) is 13.1 Å². The van der Waals surface area contributed by atoms with Crippen LogP contribution in [-0.4, -0.2) is 19.3 Å². The average Bonchev–Trinajstić information content (AvgIpc) is 2.18. The minimum atomic E-state index is -4.06. The molecule has 0 aliphatic rings. The van der Waals surface area contributed by atoms with E-state index in [-0.39, 0.29) is 6.54 Å². The Balaban J connectivity index is 2.19. The first kappa shape index (κ1) is 13.0. The fraction of sp³-hybridized carbons (Fsp3) is 0.500. The smallest absolute Gasteiger partial charge is 0.316 e. The van der Waals surface area contributed by atoms with Gasteiger partial charge in [0.1, 0.15) is 0 Å². The SMILES string of the molecule is Cc1ccccc1CCNCCC(F)(F)F. The minimum Gasteiger partial charge on any atom is -0.316 e. The summed E-state index contributed by atoms with van der Waals surface area (Å²) in [5, 5.41) is 2.80. The number of halogens is 3. The van der Waals surface area contributed by atoms with E-state index in [9.17, 15) is 13.2 Å². The van der Waals surface area contributed by atoms with Crippen molar-refractivity contribution in [2.45, 2.75) is 25.9 Å². The van der Waals surface area contributed by atoms with Crippen LogP contribution in [0.2, 0.25) is 0 Å². The van der Waals surface area contributed by atoms with Gasteiger partial charge < -0.3 is 5.32 Å². The molecule has 90 valence electrons. The molecule has 0 fully saturated rings. The third-order valence-corrected chi connectivity index (χ3v) is 2.42. The van der Waals surface area contributed by atoms with Gasteiger partial charge in [-0.2, -0.15) is 13.2 Å². The van der Waals surface area contributed by atoms with Gasteiger partial charge in [0.25, 0.3) is 0 Å². The molecule has 16 heavy (non-hydrogen) atoms. The highest BCUT2D eigenvalue weighted by Crippen LogP contribution is 2.18. The van der Waals surface area contributed by atoms with Gasteiger partial charge in [-0.25, -0.2) is 0 Å². The highest BCUT2D eigenvalue weighted by Gasteiger charge is 2.25. The van der Waals surface area contributed by atoms with Gasteiger partial charge in [0.05, 0.1) is 6.42 Å². The Morgan fingerprint density at radius 2 is 1.81 bits per heavy atom. The van der Waals surface area contributed by atoms with E-state index < -0.39 is 12.6 Å². The first-order chi connectivity index (χ1) is 7.49. The van der Waals surface area contributed by atoms with Gasteiger partial charge in [-0.3, -0.25) is 0 Å². The van der Waals surface area contributed by atoms with E-state index >= 15 is 0 Å². The summed E-state index contributed by atoms with van der Waals surface area (Å²) >= 11 is 0. The molecule has 1 aromatic carbocycles. The molecule has 0 aliphatic heterocycles. The second-order valence-corrected chi connectivity index (χ2v) is 3.79. The van der Waals surface area contributed by atoms with E-state index in [0.29, 0.717) is 6.54 Å². The molecule has 0 radical (unpaired) electrons. The van der Waals surface area contributed by atoms with Crippen molar-refractivity contribution in [1.82, 2.24) is 5.32 Å². The Kier molecular flexibility index (Phi) is 4.80. The Bertz CT molecular complexity index is 320. The van der Waals surface area contributed by atoms with Crippen LogP contribution in [0.3, 0.4) is 0 Å². The second-order valence-electron chi connectivity index (χ2n) is 3.79. The monoisotopic (exact) mass is 231 g/mol. The van der Waals surface area contributed by atoms with Crippen molar-refractivity contribution in [1.29, 1.82) is 0 Å². The highest BCUT2D eigenvalue weighted by molar-refractivity contribution is 5.25. The molecule has 0 unspecified atom stereocenters. The average molecular weight is 231 g/mol. The van der Waals surface area contributed by atoms with Crippen LogP contribution in [-0.2, 0) is 6.42 Å². The molecule has 0 amide bonds. The summed E-state index contributed by atoms with van der Waals surface area (Å²) in [4.78, 5) is 0. The number of aryl methyl sites for hydroxylation is 1. The molecule has 0 bridgehead atoms. The molecule has 1 aromatic rings. The second kappa shape index (κ2) is 5.89. The van der Waals surface area contributed by atoms with E-state index in [1.54, 1.807) is 0 Å². The largest absolute Gasteiger partial charge is 0.390 e. The van der Waals surface area contributed by atoms with Gasteiger partial charge in [0.2, 0.25) is 0 Å².